The third-order valence-corrected chi connectivity index (χ3v) is 1.56. The second-order valence-corrected chi connectivity index (χ2v) is 2.27. The Kier molecular flexibility index (Phi) is 4.81. The Morgan fingerprint density at radius 2 is 2.27 bits per heavy atom. The van der Waals surface area contributed by atoms with Crippen molar-refractivity contribution in [2.24, 2.45) is 0 Å². The largest absolute Gasteiger partial charge is 1.00 e. The van der Waals surface area contributed by atoms with E-state index in [0.717, 1.165) is 6.42 Å². The molecule has 1 rings (SSSR count). The first kappa shape index (κ1) is 11.0. The number of carboxylic acids is 1. The zero-order chi connectivity index (χ0) is 7.56. The number of allylic oxidation sites excluding steroid dienone is 1. The van der Waals surface area contributed by atoms with E-state index in [4.69, 9.17) is 4.74 Å². The van der Waals surface area contributed by atoms with E-state index < -0.39 is 5.97 Å². The third kappa shape index (κ3) is 2.85. The van der Waals surface area contributed by atoms with Crippen LogP contribution in [0.15, 0.2) is 11.3 Å². The number of carbonyl (C=O) groups is 1. The Balaban J connectivity index is 0.000001000. The van der Waals surface area contributed by atoms with Crippen LogP contribution in [0.5, 0.6) is 0 Å². The van der Waals surface area contributed by atoms with Crippen molar-refractivity contribution in [2.75, 3.05) is 6.61 Å². The van der Waals surface area contributed by atoms with E-state index in [2.05, 4.69) is 0 Å². The molecule has 4 heteroatoms. The summed E-state index contributed by atoms with van der Waals surface area (Å²) in [5, 5.41) is 10.3. The molecular weight excluding hydrogens is 155 g/mol. The second-order valence-electron chi connectivity index (χ2n) is 2.27. The molecule has 3 nitrogen and oxygen atoms in total. The van der Waals surface area contributed by atoms with Crippen molar-refractivity contribution in [3.8, 4) is 0 Å². The Morgan fingerprint density at radius 3 is 2.64 bits per heavy atom. The molecule has 0 radical (unpaired) electrons. The molecule has 0 fully saturated rings. The molecule has 0 aromatic carbocycles. The maximum atomic E-state index is 10.3. The summed E-state index contributed by atoms with van der Waals surface area (Å²) < 4.78 is 5.01. The van der Waals surface area contributed by atoms with Gasteiger partial charge in [-0.3, -0.25) is 0 Å². The molecule has 0 atom stereocenters. The van der Waals surface area contributed by atoms with Gasteiger partial charge in [0.1, 0.15) is 0 Å². The summed E-state index contributed by atoms with van der Waals surface area (Å²) in [5.74, 6) is -0.594. The van der Waals surface area contributed by atoms with Gasteiger partial charge in [0, 0.05) is 5.57 Å². The predicted molar refractivity (Wildman–Crippen MR) is 32.9 cm³/mol. The van der Waals surface area contributed by atoms with Crippen LogP contribution in [0.2, 0.25) is 0 Å². The molecule has 11 heavy (non-hydrogen) atoms. The molecule has 0 aromatic rings. The van der Waals surface area contributed by atoms with Crippen molar-refractivity contribution < 1.29 is 44.2 Å². The van der Waals surface area contributed by atoms with Gasteiger partial charge < -0.3 is 14.6 Å². The molecular formula is C7H9NaO3. The van der Waals surface area contributed by atoms with Gasteiger partial charge in [0.05, 0.1) is 18.3 Å². The van der Waals surface area contributed by atoms with Gasteiger partial charge in [0.25, 0.3) is 0 Å². The molecule has 0 aromatic heterocycles. The fourth-order valence-electron chi connectivity index (χ4n) is 0.983. The monoisotopic (exact) mass is 164 g/mol. The Hall–Kier alpha value is 0.0100. The van der Waals surface area contributed by atoms with Gasteiger partial charge in [0.2, 0.25) is 0 Å². The zero-order valence-corrected chi connectivity index (χ0v) is 8.85. The van der Waals surface area contributed by atoms with Crippen molar-refractivity contribution in [1.82, 2.24) is 0 Å². The molecule has 0 amide bonds. The minimum Gasteiger partial charge on any atom is -0.545 e. The molecule has 0 bridgehead atoms. The van der Waals surface area contributed by atoms with Gasteiger partial charge >= 0.3 is 29.6 Å². The topological polar surface area (TPSA) is 49.4 Å². The quantitative estimate of drug-likeness (QED) is 0.384. The van der Waals surface area contributed by atoms with Crippen LogP contribution in [0.25, 0.3) is 0 Å². The van der Waals surface area contributed by atoms with Crippen molar-refractivity contribution in [3.05, 3.63) is 11.3 Å². The van der Waals surface area contributed by atoms with Crippen molar-refractivity contribution in [2.45, 2.75) is 19.8 Å². The number of aliphatic carboxylic acids is 1. The van der Waals surface area contributed by atoms with Crippen LogP contribution >= 0.6 is 0 Å². The molecule has 0 aliphatic carbocycles. The maximum absolute atomic E-state index is 10.3. The SMILES string of the molecule is CC1=C(C(=O)[O-])CCCO1.[Na+]. The Labute approximate surface area is 87.7 Å². The number of carbonyl (C=O) groups excluding carboxylic acids is 1. The fraction of sp³-hybridized carbons (Fsp3) is 0.571. The van der Waals surface area contributed by atoms with Gasteiger partial charge in [0.15, 0.2) is 0 Å². The average Bonchev–Trinajstić information content (AvgIpc) is 1.88. The molecule has 1 aliphatic rings. The number of rotatable bonds is 1. The van der Waals surface area contributed by atoms with Crippen LogP contribution in [0.1, 0.15) is 19.8 Å². The summed E-state index contributed by atoms with van der Waals surface area (Å²) in [6, 6.07) is 0. The Bertz CT molecular complexity index is 186. The molecule has 56 valence electrons. The first-order chi connectivity index (χ1) is 4.72. The van der Waals surface area contributed by atoms with Crippen LogP contribution < -0.4 is 34.7 Å². The van der Waals surface area contributed by atoms with Crippen LogP contribution in [0.3, 0.4) is 0 Å². The van der Waals surface area contributed by atoms with Gasteiger partial charge in [-0.05, 0) is 19.8 Å². The molecule has 0 saturated heterocycles. The van der Waals surface area contributed by atoms with E-state index in [-0.39, 0.29) is 29.6 Å². The first-order valence-corrected chi connectivity index (χ1v) is 3.25. The van der Waals surface area contributed by atoms with Crippen molar-refractivity contribution >= 4 is 5.97 Å². The summed E-state index contributed by atoms with van der Waals surface area (Å²) in [6.45, 7) is 2.28. The molecule has 0 spiro atoms. The van der Waals surface area contributed by atoms with E-state index in [1.807, 2.05) is 0 Å². The molecule has 0 unspecified atom stereocenters. The van der Waals surface area contributed by atoms with Gasteiger partial charge in [-0.2, -0.15) is 0 Å². The van der Waals surface area contributed by atoms with E-state index in [1.54, 1.807) is 6.92 Å². The van der Waals surface area contributed by atoms with Gasteiger partial charge in [-0.25, -0.2) is 0 Å². The smallest absolute Gasteiger partial charge is 0.545 e. The number of carboxylic acid groups (broad SMARTS) is 1. The van der Waals surface area contributed by atoms with Gasteiger partial charge in [-0.15, -0.1) is 0 Å². The third-order valence-electron chi connectivity index (χ3n) is 1.56. The minimum atomic E-state index is -1.10. The number of hydrogen-bond donors (Lipinski definition) is 0. The summed E-state index contributed by atoms with van der Waals surface area (Å²) in [5.41, 5.74) is 0.311. The minimum absolute atomic E-state index is 0. The molecule has 0 saturated carbocycles. The molecule has 1 heterocycles. The summed E-state index contributed by atoms with van der Waals surface area (Å²) in [4.78, 5) is 10.3. The summed E-state index contributed by atoms with van der Waals surface area (Å²) in [6.07, 6.45) is 1.36. The number of hydrogen-bond acceptors (Lipinski definition) is 3. The van der Waals surface area contributed by atoms with E-state index in [1.165, 1.54) is 0 Å². The maximum Gasteiger partial charge on any atom is 1.00 e. The second kappa shape index (κ2) is 4.80. The van der Waals surface area contributed by atoms with E-state index in [9.17, 15) is 9.90 Å². The van der Waals surface area contributed by atoms with E-state index in [0.29, 0.717) is 24.4 Å². The fourth-order valence-corrected chi connectivity index (χ4v) is 0.983. The molecule has 0 N–H and O–H groups in total. The normalized spacial score (nSPS) is 16.8. The number of ether oxygens (including phenoxy) is 1. The first-order valence-electron chi connectivity index (χ1n) is 3.25. The zero-order valence-electron chi connectivity index (χ0n) is 6.85. The van der Waals surface area contributed by atoms with Gasteiger partial charge in [-0.1, -0.05) is 0 Å². The van der Waals surface area contributed by atoms with Crippen molar-refractivity contribution in [1.29, 1.82) is 0 Å². The van der Waals surface area contributed by atoms with Crippen LogP contribution in [-0.4, -0.2) is 12.6 Å². The van der Waals surface area contributed by atoms with Crippen molar-refractivity contribution in [3.63, 3.8) is 0 Å². The average molecular weight is 164 g/mol. The molecule has 1 aliphatic heterocycles. The van der Waals surface area contributed by atoms with Crippen LogP contribution in [0, 0.1) is 0 Å². The summed E-state index contributed by atoms with van der Waals surface area (Å²) in [7, 11) is 0. The van der Waals surface area contributed by atoms with Crippen LogP contribution in [0.4, 0.5) is 0 Å². The standard InChI is InChI=1S/C7H10O3.Na/c1-5-6(7(8)9)3-2-4-10-5;/h2-4H2,1H3,(H,8,9);/q;+1/p-1. The van der Waals surface area contributed by atoms with E-state index >= 15 is 0 Å². The van der Waals surface area contributed by atoms with Crippen LogP contribution in [-0.2, 0) is 9.53 Å². The Morgan fingerprint density at radius 1 is 1.64 bits per heavy atom. The summed E-state index contributed by atoms with van der Waals surface area (Å²) >= 11 is 0. The predicted octanol–water partition coefficient (Wildman–Crippen LogP) is -3.18.